The molecule has 2 aromatic carbocycles. The van der Waals surface area contributed by atoms with Crippen LogP contribution >= 0.6 is 23.0 Å². The van der Waals surface area contributed by atoms with Crippen molar-refractivity contribution in [2.45, 2.75) is 6.92 Å². The van der Waals surface area contributed by atoms with Gasteiger partial charge in [-0.1, -0.05) is 0 Å². The molecule has 0 amide bonds. The minimum absolute atomic E-state index is 0.143. The smallest absolute Gasteiger partial charge is 0.195 e. The van der Waals surface area contributed by atoms with Gasteiger partial charge in [-0.2, -0.15) is 0 Å². The highest BCUT2D eigenvalue weighted by Gasteiger charge is 2.20. The number of fused-ring (bicyclic) bond motifs is 1. The lowest BCUT2D eigenvalue weighted by Crippen LogP contribution is -2.09. The highest BCUT2D eigenvalue weighted by molar-refractivity contribution is 14.1. The molecule has 0 aliphatic carbocycles. The number of anilines is 5. The molecule has 0 fully saturated rings. The van der Waals surface area contributed by atoms with E-state index in [0.717, 1.165) is 0 Å². The molecule has 3 rings (SSSR count). The maximum Gasteiger partial charge on any atom is 0.195 e. The quantitative estimate of drug-likeness (QED) is 0.291. The summed E-state index contributed by atoms with van der Waals surface area (Å²) in [4.78, 5) is 12.5. The van der Waals surface area contributed by atoms with Crippen LogP contribution in [-0.2, 0) is 0 Å². The predicted octanol–water partition coefficient (Wildman–Crippen LogP) is 2.41. The van der Waals surface area contributed by atoms with E-state index in [2.05, 4.69) is 0 Å². The molecule has 0 unspecified atom stereocenters. The summed E-state index contributed by atoms with van der Waals surface area (Å²) < 4.78 is 11.0. The molecule has 130 valence electrons. The molecule has 0 atom stereocenters. The van der Waals surface area contributed by atoms with E-state index in [1.54, 1.807) is 42.1 Å². The molecular weight excluding hydrogens is 437 g/mol. The largest absolute Gasteiger partial charge is 0.455 e. The highest BCUT2D eigenvalue weighted by Crippen LogP contribution is 2.42. The summed E-state index contributed by atoms with van der Waals surface area (Å²) in [7, 11) is 0. The van der Waals surface area contributed by atoms with Crippen LogP contribution in [0.15, 0.2) is 27.4 Å². The molecule has 0 saturated carbocycles. The third kappa shape index (κ3) is 2.56. The maximum absolute atomic E-state index is 12.5. The van der Waals surface area contributed by atoms with E-state index in [1.807, 2.05) is 0 Å². The van der Waals surface area contributed by atoms with Crippen LogP contribution in [-0.4, -0.2) is 0 Å². The van der Waals surface area contributed by atoms with Gasteiger partial charge in [-0.15, -0.1) is 0 Å². The van der Waals surface area contributed by atoms with Gasteiger partial charge >= 0.3 is 0 Å². The highest BCUT2D eigenvalue weighted by atomic mass is 127. The first-order valence-electron chi connectivity index (χ1n) is 7.15. The Balaban J connectivity index is 2.41. The van der Waals surface area contributed by atoms with E-state index in [-0.39, 0.29) is 50.6 Å². The normalized spacial score (nSPS) is 11.0. The lowest BCUT2D eigenvalue weighted by Gasteiger charge is -2.17. The monoisotopic (exact) mass is 453 g/mol. The van der Waals surface area contributed by atoms with Crippen LogP contribution in [0.25, 0.3) is 22.3 Å². The number of benzene rings is 2. The van der Waals surface area contributed by atoms with E-state index >= 15 is 0 Å². The third-order valence-corrected chi connectivity index (χ3v) is 4.60. The van der Waals surface area contributed by atoms with Gasteiger partial charge in [0, 0.05) is 23.8 Å². The Morgan fingerprint density at radius 3 is 2.24 bits per heavy atom. The minimum Gasteiger partial charge on any atom is -0.455 e. The van der Waals surface area contributed by atoms with Crippen LogP contribution in [0.5, 0.6) is 5.75 Å². The molecular formula is C16H16IN5O3. The summed E-state index contributed by atoms with van der Waals surface area (Å²) in [6, 6.07) is 4.42. The van der Waals surface area contributed by atoms with Crippen molar-refractivity contribution in [3.8, 4) is 17.1 Å². The van der Waals surface area contributed by atoms with Gasteiger partial charge in [-0.05, 0) is 12.5 Å². The van der Waals surface area contributed by atoms with Gasteiger partial charge in [-0.3, -0.25) is 4.79 Å². The second-order valence-corrected chi connectivity index (χ2v) is 6.03. The lowest BCUT2D eigenvalue weighted by molar-refractivity contribution is 0.615. The number of rotatable bonds is 2. The van der Waals surface area contributed by atoms with Crippen molar-refractivity contribution in [1.82, 2.24) is 0 Å². The topological polar surface area (TPSA) is 170 Å². The number of nitrogen functional groups attached to an aromatic ring is 5. The molecule has 0 aliphatic rings. The molecule has 25 heavy (non-hydrogen) atoms. The van der Waals surface area contributed by atoms with Crippen molar-refractivity contribution in [1.29, 1.82) is 0 Å². The average Bonchev–Trinajstić information content (AvgIpc) is 2.57. The van der Waals surface area contributed by atoms with Crippen molar-refractivity contribution < 1.29 is 7.48 Å². The first-order chi connectivity index (χ1) is 11.8. The number of nitrogens with two attached hydrogens (primary N) is 5. The van der Waals surface area contributed by atoms with Crippen LogP contribution in [0, 0.1) is 6.92 Å². The van der Waals surface area contributed by atoms with Crippen LogP contribution in [0.2, 0.25) is 0 Å². The minimum atomic E-state index is -0.318. The van der Waals surface area contributed by atoms with Crippen LogP contribution in [0.4, 0.5) is 28.4 Å². The molecule has 9 heteroatoms. The summed E-state index contributed by atoms with van der Waals surface area (Å²) in [5.41, 5.74) is 31.8. The summed E-state index contributed by atoms with van der Waals surface area (Å²) in [5.74, 6) is 0.669. The molecule has 0 aliphatic heterocycles. The van der Waals surface area contributed by atoms with Gasteiger partial charge < -0.3 is 36.2 Å². The van der Waals surface area contributed by atoms with E-state index in [0.29, 0.717) is 16.9 Å². The fourth-order valence-electron chi connectivity index (χ4n) is 2.74. The Morgan fingerprint density at radius 1 is 0.960 bits per heavy atom. The molecule has 1 heterocycles. The lowest BCUT2D eigenvalue weighted by atomic mass is 9.98. The van der Waals surface area contributed by atoms with Gasteiger partial charge in [0.15, 0.2) is 28.4 Å². The molecule has 0 spiro atoms. The van der Waals surface area contributed by atoms with Crippen LogP contribution in [0.3, 0.4) is 0 Å². The maximum atomic E-state index is 12.5. The first-order valence-corrected chi connectivity index (χ1v) is 8.03. The molecule has 0 saturated heterocycles. The van der Waals surface area contributed by atoms with E-state index in [9.17, 15) is 4.79 Å². The molecule has 0 bridgehead atoms. The average molecular weight is 453 g/mol. The van der Waals surface area contributed by atoms with Crippen molar-refractivity contribution in [2.24, 2.45) is 0 Å². The standard InChI is InChI=1S/C16H16IN5O3/c1-5-11(14(20)16(22)15(21)13(5)19)10-4-8(23)12-7(18)2-6(25-17)3-9(12)24-10/h2-4H,18-22H2,1H3. The predicted molar refractivity (Wildman–Crippen MR) is 109 cm³/mol. The molecule has 0 radical (unpaired) electrons. The molecule has 3 aromatic rings. The van der Waals surface area contributed by atoms with Crippen molar-refractivity contribution >= 4 is 62.4 Å². The number of hydrogen-bond donors (Lipinski definition) is 5. The zero-order valence-corrected chi connectivity index (χ0v) is 15.4. The molecule has 8 nitrogen and oxygen atoms in total. The second-order valence-electron chi connectivity index (χ2n) is 5.59. The van der Waals surface area contributed by atoms with Crippen LogP contribution < -0.4 is 37.2 Å². The third-order valence-electron chi connectivity index (χ3n) is 4.09. The van der Waals surface area contributed by atoms with Gasteiger partial charge in [-0.25, -0.2) is 0 Å². The second kappa shape index (κ2) is 5.92. The number of hydrogen-bond acceptors (Lipinski definition) is 8. The molecule has 1 aromatic heterocycles. The zero-order valence-electron chi connectivity index (χ0n) is 13.2. The van der Waals surface area contributed by atoms with Gasteiger partial charge in [0.1, 0.15) is 17.1 Å². The van der Waals surface area contributed by atoms with E-state index < -0.39 is 0 Å². The molecule has 10 N–H and O–H groups in total. The Bertz CT molecular complexity index is 1050. The Hall–Kier alpha value is -2.82. The van der Waals surface area contributed by atoms with Gasteiger partial charge in [0.25, 0.3) is 0 Å². The van der Waals surface area contributed by atoms with Gasteiger partial charge in [0.05, 0.1) is 33.8 Å². The van der Waals surface area contributed by atoms with Crippen LogP contribution in [0.1, 0.15) is 5.56 Å². The summed E-state index contributed by atoms with van der Waals surface area (Å²) in [6.07, 6.45) is 0. The van der Waals surface area contributed by atoms with Crippen molar-refractivity contribution in [2.75, 3.05) is 28.7 Å². The van der Waals surface area contributed by atoms with Gasteiger partial charge in [0.2, 0.25) is 0 Å². The van der Waals surface area contributed by atoms with Crippen molar-refractivity contribution in [3.05, 3.63) is 34.0 Å². The fraction of sp³-hybridized carbons (Fsp3) is 0.0625. The summed E-state index contributed by atoms with van der Waals surface area (Å²) in [6.45, 7) is 1.72. The Morgan fingerprint density at radius 2 is 1.60 bits per heavy atom. The van der Waals surface area contributed by atoms with E-state index in [4.69, 9.17) is 36.2 Å². The zero-order chi connectivity index (χ0) is 18.5. The Labute approximate surface area is 156 Å². The fourth-order valence-corrected chi connectivity index (χ4v) is 3.00. The first kappa shape index (κ1) is 17.0. The van der Waals surface area contributed by atoms with Crippen molar-refractivity contribution in [3.63, 3.8) is 0 Å². The van der Waals surface area contributed by atoms with E-state index in [1.165, 1.54) is 6.07 Å². The summed E-state index contributed by atoms with van der Waals surface area (Å²) in [5, 5.41) is 0.258. The summed E-state index contributed by atoms with van der Waals surface area (Å²) >= 11 is 1.71. The SMILES string of the molecule is Cc1c(N)c(N)c(N)c(N)c1-c1cc(=O)c2c(N)cc(OI)cc2o1. The Kier molecular flexibility index (Phi) is 4.03. The number of halogens is 1.